The van der Waals surface area contributed by atoms with E-state index in [0.717, 1.165) is 0 Å². The Morgan fingerprint density at radius 2 is 1.86 bits per heavy atom. The van der Waals surface area contributed by atoms with Crippen LogP contribution in [0.15, 0.2) is 48.8 Å². The standard InChI is InChI=1S/C16H19FN2O2/c1-16(2,19-9-3-4-10-19)15(21)18-14(11-20)12-5-7-13(17)8-6-12/h3-10,14,20H,11H2,1-2H3,(H,18,21)/t14-/m1/s1. The molecule has 0 saturated heterocycles. The molecule has 1 atom stereocenters. The molecule has 0 radical (unpaired) electrons. The molecular formula is C16H19FN2O2. The zero-order valence-electron chi connectivity index (χ0n) is 12.1. The normalized spacial score (nSPS) is 13.0. The van der Waals surface area contributed by atoms with Gasteiger partial charge in [-0.05, 0) is 43.7 Å². The second-order valence-electron chi connectivity index (χ2n) is 5.41. The minimum Gasteiger partial charge on any atom is -0.394 e. The molecule has 0 aliphatic rings. The smallest absolute Gasteiger partial charge is 0.246 e. The second kappa shape index (κ2) is 6.10. The summed E-state index contributed by atoms with van der Waals surface area (Å²) in [5.41, 5.74) is -0.118. The van der Waals surface area contributed by atoms with Crippen molar-refractivity contribution in [2.75, 3.05) is 6.61 Å². The number of hydrogen-bond donors (Lipinski definition) is 2. The predicted octanol–water partition coefficient (Wildman–Crippen LogP) is 2.21. The van der Waals surface area contributed by atoms with Gasteiger partial charge in [-0.1, -0.05) is 12.1 Å². The molecule has 0 unspecified atom stereocenters. The van der Waals surface area contributed by atoms with Gasteiger partial charge in [-0.25, -0.2) is 4.39 Å². The summed E-state index contributed by atoms with van der Waals surface area (Å²) in [6.07, 6.45) is 3.62. The summed E-state index contributed by atoms with van der Waals surface area (Å²) in [4.78, 5) is 12.5. The zero-order chi connectivity index (χ0) is 15.5. The highest BCUT2D eigenvalue weighted by molar-refractivity contribution is 5.84. The van der Waals surface area contributed by atoms with Crippen molar-refractivity contribution in [3.05, 3.63) is 60.2 Å². The van der Waals surface area contributed by atoms with E-state index in [1.54, 1.807) is 30.5 Å². The minimum atomic E-state index is -0.781. The van der Waals surface area contributed by atoms with Crippen molar-refractivity contribution in [3.63, 3.8) is 0 Å². The van der Waals surface area contributed by atoms with Gasteiger partial charge in [0.15, 0.2) is 0 Å². The molecule has 0 spiro atoms. The molecule has 0 saturated carbocycles. The number of rotatable bonds is 5. The summed E-state index contributed by atoms with van der Waals surface area (Å²) in [7, 11) is 0. The molecule has 1 aromatic heterocycles. The van der Waals surface area contributed by atoms with Crippen LogP contribution in [0.25, 0.3) is 0 Å². The Hall–Kier alpha value is -2.14. The molecule has 1 heterocycles. The molecular weight excluding hydrogens is 271 g/mol. The monoisotopic (exact) mass is 290 g/mol. The summed E-state index contributed by atoms with van der Waals surface area (Å²) in [5.74, 6) is -0.573. The lowest BCUT2D eigenvalue weighted by Gasteiger charge is -2.28. The van der Waals surface area contributed by atoms with Crippen LogP contribution < -0.4 is 5.32 Å². The van der Waals surface area contributed by atoms with Gasteiger partial charge in [0.05, 0.1) is 12.6 Å². The molecule has 2 rings (SSSR count). The first-order chi connectivity index (χ1) is 9.95. The number of carbonyl (C=O) groups is 1. The van der Waals surface area contributed by atoms with Crippen LogP contribution in [-0.2, 0) is 10.3 Å². The van der Waals surface area contributed by atoms with E-state index in [4.69, 9.17) is 0 Å². The number of aromatic nitrogens is 1. The fourth-order valence-electron chi connectivity index (χ4n) is 2.09. The quantitative estimate of drug-likeness (QED) is 0.887. The summed E-state index contributed by atoms with van der Waals surface area (Å²) in [5, 5.41) is 12.3. The third-order valence-electron chi connectivity index (χ3n) is 3.57. The molecule has 0 bridgehead atoms. The number of nitrogens with zero attached hydrogens (tertiary/aromatic N) is 1. The number of amides is 1. The van der Waals surface area contributed by atoms with Crippen LogP contribution in [0.3, 0.4) is 0 Å². The van der Waals surface area contributed by atoms with Gasteiger partial charge in [0.25, 0.3) is 0 Å². The topological polar surface area (TPSA) is 54.3 Å². The molecule has 5 heteroatoms. The van der Waals surface area contributed by atoms with Crippen molar-refractivity contribution in [1.82, 2.24) is 9.88 Å². The zero-order valence-corrected chi connectivity index (χ0v) is 12.1. The number of nitrogens with one attached hydrogen (secondary N) is 1. The Morgan fingerprint density at radius 1 is 1.29 bits per heavy atom. The number of aliphatic hydroxyl groups is 1. The summed E-state index contributed by atoms with van der Waals surface area (Å²) in [6, 6.07) is 8.85. The van der Waals surface area contributed by atoms with Gasteiger partial charge in [0.1, 0.15) is 11.4 Å². The van der Waals surface area contributed by atoms with Gasteiger partial charge < -0.3 is 15.0 Å². The van der Waals surface area contributed by atoms with E-state index in [2.05, 4.69) is 5.32 Å². The Bertz CT molecular complexity index is 591. The van der Waals surface area contributed by atoms with Crippen molar-refractivity contribution >= 4 is 5.91 Å². The first-order valence-electron chi connectivity index (χ1n) is 6.76. The maximum absolute atomic E-state index is 12.9. The van der Waals surface area contributed by atoms with Crippen molar-refractivity contribution in [2.45, 2.75) is 25.4 Å². The van der Waals surface area contributed by atoms with Crippen LogP contribution in [0.1, 0.15) is 25.5 Å². The number of benzene rings is 1. The molecule has 21 heavy (non-hydrogen) atoms. The lowest BCUT2D eigenvalue weighted by molar-refractivity contribution is -0.129. The van der Waals surface area contributed by atoms with Crippen LogP contribution in [0.2, 0.25) is 0 Å². The highest BCUT2D eigenvalue weighted by atomic mass is 19.1. The Balaban J connectivity index is 2.15. The predicted molar refractivity (Wildman–Crippen MR) is 78.1 cm³/mol. The number of hydrogen-bond acceptors (Lipinski definition) is 2. The van der Waals surface area contributed by atoms with Crippen LogP contribution in [0.5, 0.6) is 0 Å². The minimum absolute atomic E-state index is 0.220. The van der Waals surface area contributed by atoms with E-state index >= 15 is 0 Å². The van der Waals surface area contributed by atoms with Crippen molar-refractivity contribution < 1.29 is 14.3 Å². The van der Waals surface area contributed by atoms with Crippen LogP contribution >= 0.6 is 0 Å². The second-order valence-corrected chi connectivity index (χ2v) is 5.41. The first kappa shape index (κ1) is 15.3. The number of carbonyl (C=O) groups excluding carboxylic acids is 1. The molecule has 112 valence electrons. The molecule has 0 aliphatic carbocycles. The largest absolute Gasteiger partial charge is 0.394 e. The van der Waals surface area contributed by atoms with E-state index in [1.165, 1.54) is 12.1 Å². The van der Waals surface area contributed by atoms with Crippen LogP contribution in [-0.4, -0.2) is 22.2 Å². The summed E-state index contributed by atoms with van der Waals surface area (Å²) < 4.78 is 14.7. The van der Waals surface area contributed by atoms with Gasteiger partial charge in [-0.3, -0.25) is 4.79 Å². The van der Waals surface area contributed by atoms with Gasteiger partial charge in [0.2, 0.25) is 5.91 Å². The van der Waals surface area contributed by atoms with E-state index in [0.29, 0.717) is 5.56 Å². The highest BCUT2D eigenvalue weighted by Gasteiger charge is 2.30. The molecule has 0 fully saturated rings. The average molecular weight is 290 g/mol. The van der Waals surface area contributed by atoms with Crippen LogP contribution in [0.4, 0.5) is 4.39 Å². The highest BCUT2D eigenvalue weighted by Crippen LogP contribution is 2.19. The van der Waals surface area contributed by atoms with Gasteiger partial charge in [0, 0.05) is 12.4 Å². The lowest BCUT2D eigenvalue weighted by atomic mass is 10.0. The molecule has 1 amide bonds. The molecule has 2 aromatic rings. The van der Waals surface area contributed by atoms with Gasteiger partial charge in [-0.15, -0.1) is 0 Å². The molecule has 4 nitrogen and oxygen atoms in total. The lowest BCUT2D eigenvalue weighted by Crippen LogP contribution is -2.46. The summed E-state index contributed by atoms with van der Waals surface area (Å²) >= 11 is 0. The third-order valence-corrected chi connectivity index (χ3v) is 3.57. The number of halogens is 1. The average Bonchev–Trinajstić information content (AvgIpc) is 3.00. The summed E-state index contributed by atoms with van der Waals surface area (Å²) in [6.45, 7) is 3.34. The Kier molecular flexibility index (Phi) is 4.43. The fourth-order valence-corrected chi connectivity index (χ4v) is 2.09. The van der Waals surface area contributed by atoms with E-state index in [9.17, 15) is 14.3 Å². The van der Waals surface area contributed by atoms with E-state index in [-0.39, 0.29) is 18.3 Å². The molecule has 1 aromatic carbocycles. The first-order valence-corrected chi connectivity index (χ1v) is 6.76. The van der Waals surface area contributed by atoms with Gasteiger partial charge >= 0.3 is 0 Å². The van der Waals surface area contributed by atoms with E-state index in [1.807, 2.05) is 24.5 Å². The maximum atomic E-state index is 12.9. The van der Waals surface area contributed by atoms with Crippen molar-refractivity contribution in [2.24, 2.45) is 0 Å². The van der Waals surface area contributed by atoms with Gasteiger partial charge in [-0.2, -0.15) is 0 Å². The fraction of sp³-hybridized carbons (Fsp3) is 0.312. The molecule has 0 aliphatic heterocycles. The van der Waals surface area contributed by atoms with Crippen molar-refractivity contribution in [3.8, 4) is 0 Å². The molecule has 2 N–H and O–H groups in total. The SMILES string of the molecule is CC(C)(C(=O)N[C@H](CO)c1ccc(F)cc1)n1cccc1. The van der Waals surface area contributed by atoms with Crippen molar-refractivity contribution in [1.29, 1.82) is 0 Å². The third kappa shape index (κ3) is 3.31. The number of aliphatic hydroxyl groups excluding tert-OH is 1. The Labute approximate surface area is 123 Å². The van der Waals surface area contributed by atoms with Crippen LogP contribution in [0, 0.1) is 5.82 Å². The van der Waals surface area contributed by atoms with E-state index < -0.39 is 11.6 Å². The Morgan fingerprint density at radius 3 is 2.38 bits per heavy atom. The maximum Gasteiger partial charge on any atom is 0.246 e.